The number of aryl methyl sites for hydroxylation is 1. The van der Waals surface area contributed by atoms with Crippen LogP contribution in [0.4, 0.5) is 0 Å². The van der Waals surface area contributed by atoms with E-state index in [0.717, 1.165) is 58.9 Å². The molecule has 0 bridgehead atoms. The summed E-state index contributed by atoms with van der Waals surface area (Å²) in [6.45, 7) is 2.21. The molecule has 31 heavy (non-hydrogen) atoms. The van der Waals surface area contributed by atoms with Crippen LogP contribution >= 0.6 is 0 Å². The average molecular weight is 411 g/mol. The number of hydrogen-bond donors (Lipinski definition) is 0. The van der Waals surface area contributed by atoms with Gasteiger partial charge in [-0.25, -0.2) is 0 Å². The van der Waals surface area contributed by atoms with E-state index in [4.69, 9.17) is 9.47 Å². The Kier molecular flexibility index (Phi) is 6.32. The first-order chi connectivity index (χ1) is 15.2. The monoisotopic (exact) mass is 410 g/mol. The second-order valence-electron chi connectivity index (χ2n) is 7.58. The van der Waals surface area contributed by atoms with Crippen molar-refractivity contribution in [1.82, 2.24) is 0 Å². The van der Waals surface area contributed by atoms with Gasteiger partial charge in [0.05, 0.1) is 7.11 Å². The summed E-state index contributed by atoms with van der Waals surface area (Å²) in [5.74, 6) is 2.37. The lowest BCUT2D eigenvalue weighted by Gasteiger charge is -2.19. The van der Waals surface area contributed by atoms with Gasteiger partial charge in [-0.15, -0.1) is 0 Å². The molecule has 0 heterocycles. The zero-order valence-electron chi connectivity index (χ0n) is 17.9. The molecule has 0 atom stereocenters. The van der Waals surface area contributed by atoms with Gasteiger partial charge in [0.25, 0.3) is 0 Å². The summed E-state index contributed by atoms with van der Waals surface area (Å²) in [5, 5.41) is 2.22. The zero-order valence-corrected chi connectivity index (χ0v) is 17.9. The molecule has 0 saturated carbocycles. The quantitative estimate of drug-likeness (QED) is 0.283. The highest BCUT2D eigenvalue weighted by molar-refractivity contribution is 5.97. The number of benzene rings is 4. The second kappa shape index (κ2) is 9.48. The van der Waals surface area contributed by atoms with Crippen LogP contribution in [0.3, 0.4) is 0 Å². The number of rotatable bonds is 8. The Balaban J connectivity index is 1.93. The molecule has 0 spiro atoms. The fourth-order valence-corrected chi connectivity index (χ4v) is 3.85. The lowest BCUT2D eigenvalue weighted by molar-refractivity contribution is 0.112. The van der Waals surface area contributed by atoms with Crippen LogP contribution in [-0.2, 0) is 6.42 Å². The zero-order chi connectivity index (χ0) is 21.6. The minimum Gasteiger partial charge on any atom is -0.497 e. The van der Waals surface area contributed by atoms with Crippen molar-refractivity contribution in [2.24, 2.45) is 0 Å². The highest BCUT2D eigenvalue weighted by Gasteiger charge is 2.17. The molecule has 0 unspecified atom stereocenters. The summed E-state index contributed by atoms with van der Waals surface area (Å²) in [7, 11) is 1.68. The topological polar surface area (TPSA) is 35.5 Å². The maximum Gasteiger partial charge on any atom is 0.150 e. The van der Waals surface area contributed by atoms with Gasteiger partial charge in [-0.3, -0.25) is 4.79 Å². The van der Waals surface area contributed by atoms with Gasteiger partial charge in [0, 0.05) is 16.5 Å². The lowest BCUT2D eigenvalue weighted by atomic mass is 9.91. The number of unbranched alkanes of at least 4 members (excludes halogenated alkanes) is 1. The molecule has 0 N–H and O–H groups in total. The molecule has 0 aromatic heterocycles. The number of fused-ring (bicyclic) bond motifs is 1. The third-order valence-electron chi connectivity index (χ3n) is 5.50. The fourth-order valence-electron chi connectivity index (χ4n) is 3.85. The summed E-state index contributed by atoms with van der Waals surface area (Å²) in [6, 6.07) is 26.0. The van der Waals surface area contributed by atoms with Crippen LogP contribution in [0.5, 0.6) is 17.2 Å². The van der Waals surface area contributed by atoms with Crippen LogP contribution in [0, 0.1) is 0 Å². The van der Waals surface area contributed by atoms with E-state index >= 15 is 0 Å². The Morgan fingerprint density at radius 2 is 1.58 bits per heavy atom. The van der Waals surface area contributed by atoms with Crippen molar-refractivity contribution in [2.45, 2.75) is 26.2 Å². The molecular weight excluding hydrogens is 384 g/mol. The first kappa shape index (κ1) is 20.7. The molecule has 156 valence electrons. The van der Waals surface area contributed by atoms with Gasteiger partial charge in [-0.2, -0.15) is 0 Å². The van der Waals surface area contributed by atoms with Crippen LogP contribution in [0.25, 0.3) is 21.9 Å². The smallest absolute Gasteiger partial charge is 0.150 e. The molecule has 0 saturated heterocycles. The van der Waals surface area contributed by atoms with E-state index in [-0.39, 0.29) is 0 Å². The first-order valence-electron chi connectivity index (χ1n) is 10.7. The fraction of sp³-hybridized carbons (Fsp3) is 0.179. The van der Waals surface area contributed by atoms with Crippen molar-refractivity contribution in [1.29, 1.82) is 0 Å². The molecule has 0 aliphatic carbocycles. The van der Waals surface area contributed by atoms with Gasteiger partial charge in [-0.05, 0) is 65.8 Å². The number of hydrogen-bond acceptors (Lipinski definition) is 3. The summed E-state index contributed by atoms with van der Waals surface area (Å²) >= 11 is 0. The molecule has 0 fully saturated rings. The number of carbonyl (C=O) groups excluding carboxylic acids is 1. The van der Waals surface area contributed by atoms with E-state index in [1.54, 1.807) is 19.2 Å². The molecule has 0 aliphatic heterocycles. The molecule has 0 amide bonds. The molecule has 0 radical (unpaired) electrons. The standard InChI is InChI=1S/C28H26O3/c1-3-4-7-23-18-22-8-5-6-9-26(22)28(31-25-14-10-20(19-29)11-15-25)27(23)21-12-16-24(30-2)17-13-21/h5-6,8-19H,3-4,7H2,1-2H3. The molecule has 0 aliphatic rings. The SMILES string of the molecule is CCCCc1cc2ccccc2c(Oc2ccc(C=O)cc2)c1-c1ccc(OC)cc1. The number of methoxy groups -OCH3 is 1. The van der Waals surface area contributed by atoms with Gasteiger partial charge in [0.2, 0.25) is 0 Å². The Morgan fingerprint density at radius 3 is 2.26 bits per heavy atom. The molecule has 4 rings (SSSR count). The molecular formula is C28H26O3. The third-order valence-corrected chi connectivity index (χ3v) is 5.50. The third kappa shape index (κ3) is 4.46. The normalized spacial score (nSPS) is 10.8. The summed E-state index contributed by atoms with van der Waals surface area (Å²) < 4.78 is 11.9. The van der Waals surface area contributed by atoms with Gasteiger partial charge in [0.15, 0.2) is 0 Å². The number of carbonyl (C=O) groups is 1. The van der Waals surface area contributed by atoms with Crippen LogP contribution < -0.4 is 9.47 Å². The minimum absolute atomic E-state index is 0.629. The summed E-state index contributed by atoms with van der Waals surface area (Å²) in [5.41, 5.74) is 4.10. The van der Waals surface area contributed by atoms with E-state index in [2.05, 4.69) is 43.3 Å². The Labute approximate surface area is 183 Å². The van der Waals surface area contributed by atoms with E-state index < -0.39 is 0 Å². The van der Waals surface area contributed by atoms with Crippen LogP contribution in [0.15, 0.2) is 78.9 Å². The highest BCUT2D eigenvalue weighted by atomic mass is 16.5. The predicted molar refractivity (Wildman–Crippen MR) is 126 cm³/mol. The highest BCUT2D eigenvalue weighted by Crippen LogP contribution is 2.43. The van der Waals surface area contributed by atoms with Gasteiger partial charge in [0.1, 0.15) is 23.5 Å². The van der Waals surface area contributed by atoms with Gasteiger partial charge >= 0.3 is 0 Å². The Morgan fingerprint density at radius 1 is 0.871 bits per heavy atom. The van der Waals surface area contributed by atoms with Crippen molar-refractivity contribution in [3.8, 4) is 28.4 Å². The molecule has 3 nitrogen and oxygen atoms in total. The van der Waals surface area contributed by atoms with E-state index in [9.17, 15) is 4.79 Å². The number of aldehydes is 1. The first-order valence-corrected chi connectivity index (χ1v) is 10.7. The maximum atomic E-state index is 11.0. The molecule has 3 heteroatoms. The maximum absolute atomic E-state index is 11.0. The van der Waals surface area contributed by atoms with Crippen molar-refractivity contribution < 1.29 is 14.3 Å². The summed E-state index contributed by atoms with van der Waals surface area (Å²) in [4.78, 5) is 11.0. The second-order valence-corrected chi connectivity index (χ2v) is 7.58. The number of ether oxygens (including phenoxy) is 2. The van der Waals surface area contributed by atoms with E-state index in [1.807, 2.05) is 30.3 Å². The molecule has 4 aromatic carbocycles. The minimum atomic E-state index is 0.629. The van der Waals surface area contributed by atoms with Crippen molar-refractivity contribution >= 4 is 17.1 Å². The molecule has 4 aromatic rings. The van der Waals surface area contributed by atoms with Crippen LogP contribution in [-0.4, -0.2) is 13.4 Å². The van der Waals surface area contributed by atoms with Crippen molar-refractivity contribution in [3.63, 3.8) is 0 Å². The van der Waals surface area contributed by atoms with Gasteiger partial charge in [-0.1, -0.05) is 55.8 Å². The van der Waals surface area contributed by atoms with E-state index in [1.165, 1.54) is 5.56 Å². The predicted octanol–water partition coefficient (Wildman–Crippen LogP) is 7.46. The van der Waals surface area contributed by atoms with Crippen LogP contribution in [0.2, 0.25) is 0 Å². The average Bonchev–Trinajstić information content (AvgIpc) is 2.83. The largest absolute Gasteiger partial charge is 0.497 e. The van der Waals surface area contributed by atoms with E-state index in [0.29, 0.717) is 11.3 Å². The van der Waals surface area contributed by atoms with Crippen molar-refractivity contribution in [3.05, 3.63) is 90.0 Å². The van der Waals surface area contributed by atoms with Crippen molar-refractivity contribution in [2.75, 3.05) is 7.11 Å². The Hall–Kier alpha value is -3.59. The lowest BCUT2D eigenvalue weighted by Crippen LogP contribution is -1.97. The Bertz CT molecular complexity index is 1180. The van der Waals surface area contributed by atoms with Crippen LogP contribution in [0.1, 0.15) is 35.7 Å². The summed E-state index contributed by atoms with van der Waals surface area (Å²) in [6.07, 6.45) is 4.05. The van der Waals surface area contributed by atoms with Gasteiger partial charge < -0.3 is 9.47 Å².